The van der Waals surface area contributed by atoms with Gasteiger partial charge in [-0.25, -0.2) is 0 Å². The topological polar surface area (TPSA) is 61.9 Å². The normalized spacial score (nSPS) is 14.3. The molecule has 0 bridgehead atoms. The van der Waals surface area contributed by atoms with Crippen molar-refractivity contribution in [2.24, 2.45) is 0 Å². The van der Waals surface area contributed by atoms with Crippen LogP contribution in [0.25, 0.3) is 0 Å². The Morgan fingerprint density at radius 1 is 0.886 bits per heavy atom. The molecule has 0 aliphatic carbocycles. The fraction of sp³-hybridized carbons (Fsp3) is 0.310. The minimum absolute atomic E-state index is 0.0651. The highest BCUT2D eigenvalue weighted by atomic mass is 16.5. The van der Waals surface area contributed by atoms with Crippen molar-refractivity contribution in [2.75, 3.05) is 36.5 Å². The Kier molecular flexibility index (Phi) is 8.52. The zero-order valence-corrected chi connectivity index (χ0v) is 20.2. The van der Waals surface area contributed by atoms with Crippen molar-refractivity contribution in [3.8, 4) is 0 Å². The molecule has 35 heavy (non-hydrogen) atoms. The zero-order valence-electron chi connectivity index (χ0n) is 20.2. The Balaban J connectivity index is 1.49. The van der Waals surface area contributed by atoms with Gasteiger partial charge in [0.15, 0.2) is 0 Å². The Bertz CT molecular complexity index is 1080. The van der Waals surface area contributed by atoms with E-state index in [0.717, 1.165) is 48.8 Å². The first kappa shape index (κ1) is 24.5. The molecule has 1 aliphatic heterocycles. The fourth-order valence-corrected chi connectivity index (χ4v) is 4.37. The molecular formula is C29H33N3O3. The molecular weight excluding hydrogens is 438 g/mol. The molecule has 2 amide bonds. The van der Waals surface area contributed by atoms with Crippen LogP contribution in [0.3, 0.4) is 0 Å². The number of carbonyl (C=O) groups is 2. The van der Waals surface area contributed by atoms with Crippen LogP contribution < -0.4 is 10.2 Å². The van der Waals surface area contributed by atoms with E-state index in [9.17, 15) is 9.59 Å². The summed E-state index contributed by atoms with van der Waals surface area (Å²) in [7, 11) is 0. The number of morpholine rings is 1. The second kappa shape index (κ2) is 12.2. The van der Waals surface area contributed by atoms with Crippen molar-refractivity contribution in [3.63, 3.8) is 0 Å². The van der Waals surface area contributed by atoms with Gasteiger partial charge in [0.05, 0.1) is 19.6 Å². The fourth-order valence-electron chi connectivity index (χ4n) is 4.37. The molecule has 6 nitrogen and oxygen atoms in total. The highest BCUT2D eigenvalue weighted by molar-refractivity contribution is 5.97. The van der Waals surface area contributed by atoms with E-state index in [1.54, 1.807) is 4.90 Å². The summed E-state index contributed by atoms with van der Waals surface area (Å²) in [4.78, 5) is 30.8. The monoisotopic (exact) mass is 471 g/mol. The average Bonchev–Trinajstić information content (AvgIpc) is 2.90. The van der Waals surface area contributed by atoms with Gasteiger partial charge in [0, 0.05) is 31.0 Å². The van der Waals surface area contributed by atoms with Crippen LogP contribution in [0.5, 0.6) is 0 Å². The van der Waals surface area contributed by atoms with E-state index in [1.165, 1.54) is 0 Å². The second-order valence-electron chi connectivity index (χ2n) is 8.73. The number of hydrogen-bond acceptors (Lipinski definition) is 4. The number of benzene rings is 3. The van der Waals surface area contributed by atoms with Gasteiger partial charge in [-0.2, -0.15) is 0 Å². The van der Waals surface area contributed by atoms with Crippen LogP contribution in [-0.2, 0) is 27.3 Å². The molecule has 1 saturated heterocycles. The number of nitrogens with zero attached hydrogens (tertiary/aromatic N) is 2. The molecule has 0 saturated carbocycles. The maximum absolute atomic E-state index is 13.4. The van der Waals surface area contributed by atoms with Crippen molar-refractivity contribution in [1.82, 2.24) is 4.90 Å². The standard InChI is InChI=1S/C29H33N3O3/c1-2-27(29(34)30-25-13-15-26(16-14-25)31-17-19-35-20-18-31)32(22-24-11-7-4-8-12-24)28(33)21-23-9-5-3-6-10-23/h3-16,27H,2,17-22H2,1H3,(H,30,34). The molecule has 1 aliphatic rings. The largest absolute Gasteiger partial charge is 0.378 e. The molecule has 1 unspecified atom stereocenters. The maximum Gasteiger partial charge on any atom is 0.247 e. The van der Waals surface area contributed by atoms with Crippen LogP contribution >= 0.6 is 0 Å². The summed E-state index contributed by atoms with van der Waals surface area (Å²) in [6.07, 6.45) is 0.775. The van der Waals surface area contributed by atoms with Gasteiger partial charge in [-0.15, -0.1) is 0 Å². The van der Waals surface area contributed by atoms with E-state index in [2.05, 4.69) is 10.2 Å². The van der Waals surface area contributed by atoms with Crippen LogP contribution in [0.4, 0.5) is 11.4 Å². The number of hydrogen-bond donors (Lipinski definition) is 1. The number of carbonyl (C=O) groups excluding carboxylic acids is 2. The lowest BCUT2D eigenvalue weighted by atomic mass is 10.1. The zero-order chi connectivity index (χ0) is 24.5. The van der Waals surface area contributed by atoms with Gasteiger partial charge in [0.2, 0.25) is 11.8 Å². The molecule has 182 valence electrons. The van der Waals surface area contributed by atoms with Gasteiger partial charge in [0.1, 0.15) is 6.04 Å². The Morgan fingerprint density at radius 3 is 2.09 bits per heavy atom. The molecule has 1 fully saturated rings. The van der Waals surface area contributed by atoms with E-state index in [0.29, 0.717) is 13.0 Å². The van der Waals surface area contributed by atoms with Crippen molar-refractivity contribution in [1.29, 1.82) is 0 Å². The molecule has 3 aromatic rings. The van der Waals surface area contributed by atoms with Gasteiger partial charge in [-0.05, 0) is 41.8 Å². The van der Waals surface area contributed by atoms with Crippen LogP contribution in [0.15, 0.2) is 84.9 Å². The number of anilines is 2. The van der Waals surface area contributed by atoms with Crippen LogP contribution in [-0.4, -0.2) is 49.1 Å². The van der Waals surface area contributed by atoms with E-state index in [-0.39, 0.29) is 18.2 Å². The minimum Gasteiger partial charge on any atom is -0.378 e. The average molecular weight is 472 g/mol. The molecule has 0 radical (unpaired) electrons. The molecule has 1 heterocycles. The predicted octanol–water partition coefficient (Wildman–Crippen LogP) is 4.51. The molecule has 1 N–H and O–H groups in total. The van der Waals surface area contributed by atoms with Crippen molar-refractivity contribution >= 4 is 23.2 Å². The molecule has 6 heteroatoms. The van der Waals surface area contributed by atoms with Crippen LogP contribution in [0, 0.1) is 0 Å². The molecule has 0 spiro atoms. The lowest BCUT2D eigenvalue weighted by Gasteiger charge is -2.31. The molecule has 4 rings (SSSR count). The molecule has 1 atom stereocenters. The van der Waals surface area contributed by atoms with Gasteiger partial charge in [0.25, 0.3) is 0 Å². The summed E-state index contributed by atoms with van der Waals surface area (Å²) in [6, 6.07) is 26.8. The van der Waals surface area contributed by atoms with E-state index >= 15 is 0 Å². The summed E-state index contributed by atoms with van der Waals surface area (Å²) in [6.45, 7) is 5.51. The number of rotatable bonds is 9. The van der Waals surface area contributed by atoms with E-state index in [4.69, 9.17) is 4.74 Å². The smallest absolute Gasteiger partial charge is 0.247 e. The SMILES string of the molecule is CCC(C(=O)Nc1ccc(N2CCOCC2)cc1)N(Cc1ccccc1)C(=O)Cc1ccccc1. The Morgan fingerprint density at radius 2 is 1.49 bits per heavy atom. The quantitative estimate of drug-likeness (QED) is 0.499. The van der Waals surface area contributed by atoms with Gasteiger partial charge in [-0.1, -0.05) is 67.6 Å². The van der Waals surface area contributed by atoms with Crippen molar-refractivity contribution in [3.05, 3.63) is 96.1 Å². The number of ether oxygens (including phenoxy) is 1. The summed E-state index contributed by atoms with van der Waals surface area (Å²) in [5.41, 5.74) is 3.77. The first-order valence-corrected chi connectivity index (χ1v) is 12.2. The highest BCUT2D eigenvalue weighted by Gasteiger charge is 2.28. The summed E-state index contributed by atoms with van der Waals surface area (Å²) in [5.74, 6) is -0.242. The number of amides is 2. The maximum atomic E-state index is 13.4. The van der Waals surface area contributed by atoms with Crippen LogP contribution in [0.2, 0.25) is 0 Å². The van der Waals surface area contributed by atoms with Gasteiger partial charge < -0.3 is 19.9 Å². The summed E-state index contributed by atoms with van der Waals surface area (Å²) >= 11 is 0. The molecule has 3 aromatic carbocycles. The third kappa shape index (κ3) is 6.70. The lowest BCUT2D eigenvalue weighted by Crippen LogP contribution is -2.47. The summed E-state index contributed by atoms with van der Waals surface area (Å²) in [5, 5.41) is 3.03. The van der Waals surface area contributed by atoms with E-state index in [1.807, 2.05) is 91.9 Å². The number of nitrogens with one attached hydrogen (secondary N) is 1. The molecule has 0 aromatic heterocycles. The highest BCUT2D eigenvalue weighted by Crippen LogP contribution is 2.21. The first-order chi connectivity index (χ1) is 17.1. The van der Waals surface area contributed by atoms with Crippen LogP contribution in [0.1, 0.15) is 24.5 Å². The van der Waals surface area contributed by atoms with Gasteiger partial charge >= 0.3 is 0 Å². The van der Waals surface area contributed by atoms with E-state index < -0.39 is 6.04 Å². The van der Waals surface area contributed by atoms with Gasteiger partial charge in [-0.3, -0.25) is 9.59 Å². The third-order valence-electron chi connectivity index (χ3n) is 6.29. The minimum atomic E-state index is -0.578. The Hall–Kier alpha value is -3.64. The predicted molar refractivity (Wildman–Crippen MR) is 139 cm³/mol. The first-order valence-electron chi connectivity index (χ1n) is 12.2. The second-order valence-corrected chi connectivity index (χ2v) is 8.73. The van der Waals surface area contributed by atoms with Crippen molar-refractivity contribution in [2.45, 2.75) is 32.4 Å². The van der Waals surface area contributed by atoms with Crippen molar-refractivity contribution < 1.29 is 14.3 Å². The third-order valence-corrected chi connectivity index (χ3v) is 6.29. The lowest BCUT2D eigenvalue weighted by molar-refractivity contribution is -0.139. The summed E-state index contributed by atoms with van der Waals surface area (Å²) < 4.78 is 5.43. The Labute approximate surface area is 207 Å².